The van der Waals surface area contributed by atoms with E-state index in [-0.39, 0.29) is 12.2 Å². The minimum absolute atomic E-state index is 0.121. The Morgan fingerprint density at radius 1 is 1.44 bits per heavy atom. The Morgan fingerprint density at radius 3 is 2.62 bits per heavy atom. The molecule has 0 fully saturated rings. The first kappa shape index (κ1) is 12.6. The van der Waals surface area contributed by atoms with Crippen molar-refractivity contribution in [3.63, 3.8) is 0 Å². The fourth-order valence-corrected chi connectivity index (χ4v) is 0.985. The second kappa shape index (κ2) is 4.57. The fourth-order valence-electron chi connectivity index (χ4n) is 0.985. The lowest BCUT2D eigenvalue weighted by Crippen LogP contribution is -2.37. The minimum atomic E-state index is -1.07. The van der Waals surface area contributed by atoms with E-state index in [4.69, 9.17) is 5.73 Å². The van der Waals surface area contributed by atoms with E-state index in [1.807, 2.05) is 0 Å². The molecule has 3 N–H and O–H groups in total. The summed E-state index contributed by atoms with van der Waals surface area (Å²) in [6.45, 7) is 3.37. The van der Waals surface area contributed by atoms with Crippen LogP contribution in [0.25, 0.3) is 0 Å². The van der Waals surface area contributed by atoms with Crippen LogP contribution in [0, 0.1) is 17.0 Å². The van der Waals surface area contributed by atoms with Gasteiger partial charge in [-0.2, -0.15) is 0 Å². The number of nitrogens with two attached hydrogens (primary N) is 1. The number of nitrogens with one attached hydrogen (secondary N) is 1. The number of hydrogen-bond donors (Lipinski definition) is 2. The monoisotopic (exact) mass is 228 g/mol. The van der Waals surface area contributed by atoms with Crippen molar-refractivity contribution in [1.29, 1.82) is 0 Å². The zero-order valence-corrected chi connectivity index (χ0v) is 9.18. The summed E-state index contributed by atoms with van der Waals surface area (Å²) in [5, 5.41) is 2.31. The number of carbonyl (C=O) groups excluding carboxylic acids is 1. The van der Waals surface area contributed by atoms with E-state index in [9.17, 15) is 13.6 Å². The van der Waals surface area contributed by atoms with Gasteiger partial charge in [0.2, 0.25) is 5.91 Å². The topological polar surface area (TPSA) is 55.1 Å². The Balaban J connectivity index is 2.90. The smallest absolute Gasteiger partial charge is 0.231 e. The summed E-state index contributed by atoms with van der Waals surface area (Å²) in [6, 6.07) is 3.60. The second-order valence-electron chi connectivity index (χ2n) is 4.14. The summed E-state index contributed by atoms with van der Waals surface area (Å²) in [4.78, 5) is 11.6. The molecule has 0 unspecified atom stereocenters. The maximum absolute atomic E-state index is 13.2. The maximum atomic E-state index is 13.2. The first-order valence-electron chi connectivity index (χ1n) is 4.84. The fraction of sp³-hybridized carbons (Fsp3) is 0.364. The molecular formula is C11H14F2N2O. The van der Waals surface area contributed by atoms with Gasteiger partial charge in [-0.25, -0.2) is 8.78 Å². The number of anilines is 1. The number of halogens is 2. The molecule has 0 aliphatic carbocycles. The van der Waals surface area contributed by atoms with Gasteiger partial charge in [0.05, 0.1) is 11.1 Å². The molecule has 0 aliphatic heterocycles. The van der Waals surface area contributed by atoms with E-state index in [0.717, 1.165) is 6.07 Å². The summed E-state index contributed by atoms with van der Waals surface area (Å²) in [5.41, 5.74) is 4.40. The lowest BCUT2D eigenvalue weighted by atomic mass is 9.92. The highest BCUT2D eigenvalue weighted by molar-refractivity contribution is 5.95. The Morgan fingerprint density at radius 2 is 2.06 bits per heavy atom. The SMILES string of the molecule is CC(C)(CN)C(=O)Nc1cccc(F)c1F. The van der Waals surface area contributed by atoms with Gasteiger partial charge in [0.1, 0.15) is 0 Å². The number of rotatable bonds is 3. The van der Waals surface area contributed by atoms with Crippen LogP contribution in [-0.2, 0) is 4.79 Å². The average Bonchev–Trinajstić information content (AvgIpc) is 2.24. The zero-order valence-electron chi connectivity index (χ0n) is 9.18. The zero-order chi connectivity index (χ0) is 12.3. The molecule has 1 rings (SSSR count). The Hall–Kier alpha value is -1.49. The quantitative estimate of drug-likeness (QED) is 0.830. The first-order valence-corrected chi connectivity index (χ1v) is 4.84. The molecule has 0 aliphatic rings. The summed E-state index contributed by atoms with van der Waals surface area (Å²) >= 11 is 0. The molecule has 88 valence electrons. The van der Waals surface area contributed by atoms with Gasteiger partial charge in [-0.05, 0) is 26.0 Å². The van der Waals surface area contributed by atoms with Crippen molar-refractivity contribution in [3.05, 3.63) is 29.8 Å². The van der Waals surface area contributed by atoms with Gasteiger partial charge < -0.3 is 11.1 Å². The van der Waals surface area contributed by atoms with Crippen molar-refractivity contribution in [2.24, 2.45) is 11.1 Å². The van der Waals surface area contributed by atoms with E-state index in [1.54, 1.807) is 13.8 Å². The third-order valence-corrected chi connectivity index (χ3v) is 2.32. The minimum Gasteiger partial charge on any atom is -0.329 e. The largest absolute Gasteiger partial charge is 0.329 e. The van der Waals surface area contributed by atoms with Crippen molar-refractivity contribution >= 4 is 11.6 Å². The second-order valence-corrected chi connectivity index (χ2v) is 4.14. The van der Waals surface area contributed by atoms with Crippen molar-refractivity contribution in [3.8, 4) is 0 Å². The van der Waals surface area contributed by atoms with E-state index < -0.39 is 23.0 Å². The van der Waals surface area contributed by atoms with E-state index in [0.29, 0.717) is 0 Å². The standard InChI is InChI=1S/C11H14F2N2O/c1-11(2,6-14)10(16)15-8-5-3-4-7(12)9(8)13/h3-5H,6,14H2,1-2H3,(H,15,16). The van der Waals surface area contributed by atoms with Crippen LogP contribution in [-0.4, -0.2) is 12.5 Å². The van der Waals surface area contributed by atoms with E-state index in [2.05, 4.69) is 5.32 Å². The van der Waals surface area contributed by atoms with Crippen molar-refractivity contribution in [2.45, 2.75) is 13.8 Å². The van der Waals surface area contributed by atoms with Gasteiger partial charge in [0, 0.05) is 6.54 Å². The van der Waals surface area contributed by atoms with Gasteiger partial charge in [0.15, 0.2) is 11.6 Å². The molecule has 16 heavy (non-hydrogen) atoms. The van der Waals surface area contributed by atoms with E-state index >= 15 is 0 Å². The summed E-state index contributed by atoms with van der Waals surface area (Å²) in [5.74, 6) is -2.51. The van der Waals surface area contributed by atoms with Crippen molar-refractivity contribution < 1.29 is 13.6 Å². The van der Waals surface area contributed by atoms with E-state index in [1.165, 1.54) is 12.1 Å². The first-order chi connectivity index (χ1) is 7.38. The molecule has 1 aromatic carbocycles. The van der Waals surface area contributed by atoms with Crippen LogP contribution in [0.1, 0.15) is 13.8 Å². The molecule has 0 bridgehead atoms. The summed E-state index contributed by atoms with van der Waals surface area (Å²) < 4.78 is 26.1. The van der Waals surface area contributed by atoms with Gasteiger partial charge >= 0.3 is 0 Å². The molecule has 5 heteroatoms. The molecule has 0 saturated carbocycles. The van der Waals surface area contributed by atoms with Crippen LogP contribution in [0.4, 0.5) is 14.5 Å². The van der Waals surface area contributed by atoms with Crippen LogP contribution in [0.2, 0.25) is 0 Å². The highest BCUT2D eigenvalue weighted by Gasteiger charge is 2.26. The van der Waals surface area contributed by atoms with Gasteiger partial charge in [-0.1, -0.05) is 6.07 Å². The molecule has 0 radical (unpaired) electrons. The predicted octanol–water partition coefficient (Wildman–Crippen LogP) is 1.89. The highest BCUT2D eigenvalue weighted by atomic mass is 19.2. The van der Waals surface area contributed by atoms with Crippen LogP contribution in [0.3, 0.4) is 0 Å². The normalized spacial score (nSPS) is 11.3. The molecule has 1 amide bonds. The number of carbonyl (C=O) groups is 1. The number of benzene rings is 1. The van der Waals surface area contributed by atoms with Gasteiger partial charge in [-0.15, -0.1) is 0 Å². The molecule has 0 heterocycles. The summed E-state index contributed by atoms with van der Waals surface area (Å²) in [6.07, 6.45) is 0. The lowest BCUT2D eigenvalue weighted by molar-refractivity contribution is -0.123. The molecule has 0 aromatic heterocycles. The molecule has 3 nitrogen and oxygen atoms in total. The number of amides is 1. The van der Waals surface area contributed by atoms with Gasteiger partial charge in [0.25, 0.3) is 0 Å². The Labute approximate surface area is 92.6 Å². The average molecular weight is 228 g/mol. The molecule has 1 aromatic rings. The molecule has 0 spiro atoms. The van der Waals surface area contributed by atoms with Crippen LogP contribution in [0.15, 0.2) is 18.2 Å². The number of hydrogen-bond acceptors (Lipinski definition) is 2. The third-order valence-electron chi connectivity index (χ3n) is 2.32. The van der Waals surface area contributed by atoms with Gasteiger partial charge in [-0.3, -0.25) is 4.79 Å². The summed E-state index contributed by atoms with van der Waals surface area (Å²) in [7, 11) is 0. The Kier molecular flexibility index (Phi) is 3.59. The highest BCUT2D eigenvalue weighted by Crippen LogP contribution is 2.20. The molecule has 0 saturated heterocycles. The molecule has 0 atom stereocenters. The van der Waals surface area contributed by atoms with Crippen molar-refractivity contribution in [2.75, 3.05) is 11.9 Å². The molecular weight excluding hydrogens is 214 g/mol. The Bertz CT molecular complexity index is 405. The van der Waals surface area contributed by atoms with Crippen LogP contribution in [0.5, 0.6) is 0 Å². The van der Waals surface area contributed by atoms with Crippen molar-refractivity contribution in [1.82, 2.24) is 0 Å². The van der Waals surface area contributed by atoms with Crippen LogP contribution >= 0.6 is 0 Å². The third kappa shape index (κ3) is 2.55. The van der Waals surface area contributed by atoms with Crippen LogP contribution < -0.4 is 11.1 Å². The maximum Gasteiger partial charge on any atom is 0.231 e. The lowest BCUT2D eigenvalue weighted by Gasteiger charge is -2.21. The predicted molar refractivity (Wildman–Crippen MR) is 57.8 cm³/mol.